The lowest BCUT2D eigenvalue weighted by molar-refractivity contribution is 0.0141. The van der Waals surface area contributed by atoms with E-state index in [1.807, 2.05) is 0 Å². The molecule has 3 N–H and O–H groups in total. The summed E-state index contributed by atoms with van der Waals surface area (Å²) in [6.45, 7) is 9.11. The summed E-state index contributed by atoms with van der Waals surface area (Å²) in [5, 5.41) is 4.21. The summed E-state index contributed by atoms with van der Waals surface area (Å²) in [5.41, 5.74) is 13.6. The molecule has 2 unspecified atom stereocenters. The van der Waals surface area contributed by atoms with Crippen molar-refractivity contribution in [3.05, 3.63) is 35.0 Å². The van der Waals surface area contributed by atoms with Gasteiger partial charge in [0.05, 0.1) is 11.4 Å². The predicted molar refractivity (Wildman–Crippen MR) is 161 cm³/mol. The molecular formula is C26H44B2IN5. The minimum Gasteiger partial charge on any atom is -0.402 e. The molecule has 2 aliphatic heterocycles. The van der Waals surface area contributed by atoms with Gasteiger partial charge in [0.25, 0.3) is 0 Å². The normalized spacial score (nSPS) is 29.7. The Morgan fingerprint density at radius 3 is 2.85 bits per heavy atom. The fourth-order valence-corrected chi connectivity index (χ4v) is 7.10. The Balaban J connectivity index is 1.59. The van der Waals surface area contributed by atoms with Gasteiger partial charge in [0.1, 0.15) is 21.9 Å². The first-order valence-electron chi connectivity index (χ1n) is 13.4. The average molecular weight is 575 g/mol. The zero-order valence-electron chi connectivity index (χ0n) is 22.1. The molecule has 2 heterocycles. The number of benzene rings is 1. The lowest BCUT2D eigenvalue weighted by Gasteiger charge is -2.57. The van der Waals surface area contributed by atoms with Crippen LogP contribution in [0.15, 0.2) is 29.5 Å². The van der Waals surface area contributed by atoms with Crippen molar-refractivity contribution < 1.29 is 0 Å². The molecule has 1 fully saturated rings. The van der Waals surface area contributed by atoms with Crippen LogP contribution in [0.3, 0.4) is 0 Å². The standard InChI is InChI=1S/C26H44B2IN5/c1-19-6-7-22-23(16-19)34(15-5-13-32(3)29)24(31-22)18-33-14-4-10-26(28)11-8-20(9-12-27)21(30)17-25(26,33)2/h6-7,16,24,31H,4-5,8-15,17-18,27-28,30H2,1-3H3/t24?,25-,26?/m1/s1. The van der Waals surface area contributed by atoms with Crippen molar-refractivity contribution in [2.24, 2.45) is 5.73 Å². The van der Waals surface area contributed by atoms with E-state index in [-0.39, 0.29) is 5.54 Å². The summed E-state index contributed by atoms with van der Waals surface area (Å²) < 4.78 is 2.26. The quantitative estimate of drug-likeness (QED) is 0.282. The monoisotopic (exact) mass is 575 g/mol. The van der Waals surface area contributed by atoms with E-state index in [2.05, 4.69) is 95.9 Å². The summed E-state index contributed by atoms with van der Waals surface area (Å²) >= 11 is 2.40. The van der Waals surface area contributed by atoms with Gasteiger partial charge < -0.3 is 16.0 Å². The predicted octanol–water partition coefficient (Wildman–Crippen LogP) is 3.71. The van der Waals surface area contributed by atoms with Crippen LogP contribution < -0.4 is 16.0 Å². The average Bonchev–Trinajstić information content (AvgIpc) is 3.06. The van der Waals surface area contributed by atoms with Crippen molar-refractivity contribution in [3.63, 3.8) is 0 Å². The lowest BCUT2D eigenvalue weighted by Crippen LogP contribution is -2.62. The molecular weight excluding hydrogens is 531 g/mol. The van der Waals surface area contributed by atoms with Gasteiger partial charge in [0.2, 0.25) is 0 Å². The Morgan fingerprint density at radius 1 is 1.32 bits per heavy atom. The van der Waals surface area contributed by atoms with Crippen molar-refractivity contribution in [3.8, 4) is 0 Å². The Kier molecular flexibility index (Phi) is 8.20. The number of rotatable bonds is 8. The fourth-order valence-electron chi connectivity index (χ4n) is 6.76. The molecule has 1 saturated heterocycles. The molecule has 0 radical (unpaired) electrons. The molecule has 0 spiro atoms. The smallest absolute Gasteiger partial charge is 0.112 e. The Bertz CT molecular complexity index is 909. The first kappa shape index (κ1) is 26.2. The maximum atomic E-state index is 6.82. The van der Waals surface area contributed by atoms with Crippen molar-refractivity contribution in [2.75, 3.05) is 43.4 Å². The van der Waals surface area contributed by atoms with Gasteiger partial charge in [0, 0.05) is 60.2 Å². The molecule has 1 aliphatic carbocycles. The number of piperidine rings is 1. The van der Waals surface area contributed by atoms with Crippen LogP contribution >= 0.6 is 22.9 Å². The number of anilines is 2. The van der Waals surface area contributed by atoms with Crippen molar-refractivity contribution >= 4 is 49.9 Å². The van der Waals surface area contributed by atoms with Gasteiger partial charge in [-0.3, -0.25) is 8.01 Å². The van der Waals surface area contributed by atoms with E-state index in [0.717, 1.165) is 38.9 Å². The van der Waals surface area contributed by atoms with E-state index in [9.17, 15) is 0 Å². The lowest BCUT2D eigenvalue weighted by atomic mass is 9.50. The van der Waals surface area contributed by atoms with E-state index in [1.54, 1.807) is 0 Å². The minimum atomic E-state index is 0.102. The molecule has 0 saturated carbocycles. The first-order valence-corrected chi connectivity index (χ1v) is 14.4. The van der Waals surface area contributed by atoms with Crippen LogP contribution in [0.5, 0.6) is 0 Å². The fraction of sp³-hybridized carbons (Fsp3) is 0.692. The Labute approximate surface area is 223 Å². The highest BCUT2D eigenvalue weighted by atomic mass is 127. The summed E-state index contributed by atoms with van der Waals surface area (Å²) in [5.74, 6) is 0. The van der Waals surface area contributed by atoms with Crippen molar-refractivity contribution in [1.82, 2.24) is 8.01 Å². The summed E-state index contributed by atoms with van der Waals surface area (Å²) in [7, 11) is 6.99. The number of fused-ring (bicyclic) bond motifs is 2. The second-order valence-corrected chi connectivity index (χ2v) is 13.1. The SMILES string of the molecule is BCCC1=C(N)C[C@@]2(C)N(CC3Nc4ccc(C)cc4N3CCCN(C)I)CCCC2(B)CC1. The van der Waals surface area contributed by atoms with Gasteiger partial charge in [-0.2, -0.15) is 0 Å². The second-order valence-electron chi connectivity index (χ2n) is 11.5. The molecule has 3 atom stereocenters. The number of likely N-dealkylation sites (tertiary alicyclic amines) is 1. The van der Waals surface area contributed by atoms with E-state index in [4.69, 9.17) is 5.73 Å². The molecule has 1 aromatic carbocycles. The summed E-state index contributed by atoms with van der Waals surface area (Å²) in [6.07, 6.45) is 9.88. The van der Waals surface area contributed by atoms with Gasteiger partial charge in [-0.15, -0.1) is 0 Å². The van der Waals surface area contributed by atoms with Crippen LogP contribution in [0, 0.1) is 6.92 Å². The van der Waals surface area contributed by atoms with Crippen molar-refractivity contribution in [1.29, 1.82) is 0 Å². The molecule has 3 aliphatic rings. The number of hydrogen-bond donors (Lipinski definition) is 2. The molecule has 186 valence electrons. The maximum Gasteiger partial charge on any atom is 0.112 e. The van der Waals surface area contributed by atoms with E-state index in [1.165, 1.54) is 66.8 Å². The van der Waals surface area contributed by atoms with E-state index < -0.39 is 0 Å². The molecule has 34 heavy (non-hydrogen) atoms. The number of allylic oxidation sites excluding steroid dienone is 1. The minimum absolute atomic E-state index is 0.102. The highest BCUT2D eigenvalue weighted by Crippen LogP contribution is 2.56. The first-order chi connectivity index (χ1) is 16.2. The molecule has 4 rings (SSSR count). The number of halogens is 1. The van der Waals surface area contributed by atoms with Crippen LogP contribution in [0.4, 0.5) is 11.4 Å². The molecule has 5 nitrogen and oxygen atoms in total. The highest BCUT2D eigenvalue weighted by Gasteiger charge is 2.52. The van der Waals surface area contributed by atoms with Gasteiger partial charge in [-0.05, 0) is 82.6 Å². The topological polar surface area (TPSA) is 47.8 Å². The van der Waals surface area contributed by atoms with E-state index >= 15 is 0 Å². The Hall–Kier alpha value is -0.860. The number of nitrogens with one attached hydrogen (secondary N) is 1. The van der Waals surface area contributed by atoms with Gasteiger partial charge >= 0.3 is 0 Å². The number of nitrogens with zero attached hydrogens (tertiary/aromatic N) is 3. The van der Waals surface area contributed by atoms with Crippen LogP contribution in [0.1, 0.15) is 57.4 Å². The van der Waals surface area contributed by atoms with Gasteiger partial charge in [-0.25, -0.2) is 0 Å². The third kappa shape index (κ3) is 5.15. The summed E-state index contributed by atoms with van der Waals surface area (Å²) in [4.78, 5) is 5.45. The number of hydrogen-bond acceptors (Lipinski definition) is 5. The summed E-state index contributed by atoms with van der Waals surface area (Å²) in [6, 6.07) is 6.87. The van der Waals surface area contributed by atoms with Crippen LogP contribution in [0.25, 0.3) is 0 Å². The largest absolute Gasteiger partial charge is 0.402 e. The highest BCUT2D eigenvalue weighted by molar-refractivity contribution is 14.1. The molecule has 0 bridgehead atoms. The molecule has 8 heteroatoms. The molecule has 1 aromatic rings. The van der Waals surface area contributed by atoms with Crippen LogP contribution in [0.2, 0.25) is 11.6 Å². The molecule has 0 amide bonds. The third-order valence-electron chi connectivity index (χ3n) is 9.09. The maximum absolute atomic E-state index is 6.82. The zero-order valence-corrected chi connectivity index (χ0v) is 24.2. The second kappa shape index (κ2) is 10.6. The zero-order chi connectivity index (χ0) is 24.5. The van der Waals surface area contributed by atoms with Crippen molar-refractivity contribution in [2.45, 2.75) is 82.1 Å². The third-order valence-corrected chi connectivity index (χ3v) is 9.58. The van der Waals surface area contributed by atoms with Crippen LogP contribution in [-0.2, 0) is 0 Å². The number of aryl methyl sites for hydroxylation is 1. The Morgan fingerprint density at radius 2 is 2.12 bits per heavy atom. The molecule has 0 aromatic heterocycles. The number of nitrogens with two attached hydrogens (primary N) is 1. The van der Waals surface area contributed by atoms with E-state index in [0.29, 0.717) is 11.5 Å². The van der Waals surface area contributed by atoms with Gasteiger partial charge in [0.15, 0.2) is 0 Å². The van der Waals surface area contributed by atoms with Gasteiger partial charge in [-0.1, -0.05) is 24.4 Å². The van der Waals surface area contributed by atoms with Crippen LogP contribution in [-0.4, -0.2) is 68.6 Å².